The first-order chi connectivity index (χ1) is 15.0. The number of nitrogens with one attached hydrogen (secondary N) is 1. The Balaban J connectivity index is 1.59. The van der Waals surface area contributed by atoms with Gasteiger partial charge in [0.2, 0.25) is 5.91 Å². The first-order valence-corrected chi connectivity index (χ1v) is 10.5. The standard InChI is InChI=1S/C25H22ClFN2O2/c26-20-9-6-10-21(14-20)28-24(30)19-13-18(17-7-2-1-3-8-17)15-29(16-19)25(31)22-11-4-5-12-23(22)27/h1-12,14,18-19H,13,15-16H2,(H,28,30). The third-order valence-electron chi connectivity index (χ3n) is 5.58. The van der Waals surface area contributed by atoms with Crippen molar-refractivity contribution in [3.63, 3.8) is 0 Å². The molecule has 0 aliphatic carbocycles. The van der Waals surface area contributed by atoms with Gasteiger partial charge in [-0.1, -0.05) is 60.1 Å². The van der Waals surface area contributed by atoms with E-state index in [0.29, 0.717) is 23.7 Å². The van der Waals surface area contributed by atoms with Crippen molar-refractivity contribution in [1.29, 1.82) is 0 Å². The molecule has 4 nitrogen and oxygen atoms in total. The van der Waals surface area contributed by atoms with Crippen LogP contribution in [0.2, 0.25) is 5.02 Å². The highest BCUT2D eigenvalue weighted by Crippen LogP contribution is 2.32. The van der Waals surface area contributed by atoms with E-state index in [9.17, 15) is 14.0 Å². The molecule has 2 amide bonds. The molecular formula is C25H22ClFN2O2. The van der Waals surface area contributed by atoms with Crippen LogP contribution in [0.1, 0.15) is 28.3 Å². The maximum Gasteiger partial charge on any atom is 0.256 e. The summed E-state index contributed by atoms with van der Waals surface area (Å²) in [6.45, 7) is 0.654. The van der Waals surface area contributed by atoms with Gasteiger partial charge in [0.1, 0.15) is 5.82 Å². The number of likely N-dealkylation sites (tertiary alicyclic amines) is 1. The minimum atomic E-state index is -0.561. The fraction of sp³-hybridized carbons (Fsp3) is 0.200. The molecule has 2 atom stereocenters. The lowest BCUT2D eigenvalue weighted by atomic mass is 9.83. The van der Waals surface area contributed by atoms with Crippen molar-refractivity contribution in [3.05, 3.63) is 101 Å². The number of carbonyl (C=O) groups is 2. The third kappa shape index (κ3) is 4.94. The lowest BCUT2D eigenvalue weighted by Gasteiger charge is -2.37. The number of hydrogen-bond acceptors (Lipinski definition) is 2. The number of piperidine rings is 1. The van der Waals surface area contributed by atoms with Gasteiger partial charge in [0.15, 0.2) is 0 Å². The molecule has 1 aliphatic heterocycles. The summed E-state index contributed by atoms with van der Waals surface area (Å²) in [4.78, 5) is 27.8. The lowest BCUT2D eigenvalue weighted by molar-refractivity contribution is -0.121. The molecule has 2 unspecified atom stereocenters. The molecular weight excluding hydrogens is 415 g/mol. The molecule has 31 heavy (non-hydrogen) atoms. The van der Waals surface area contributed by atoms with E-state index in [4.69, 9.17) is 11.6 Å². The van der Waals surface area contributed by atoms with E-state index in [-0.39, 0.29) is 23.9 Å². The molecule has 0 bridgehead atoms. The van der Waals surface area contributed by atoms with Crippen LogP contribution in [0.5, 0.6) is 0 Å². The highest BCUT2D eigenvalue weighted by molar-refractivity contribution is 6.30. The Kier molecular flexibility index (Phi) is 6.33. The summed E-state index contributed by atoms with van der Waals surface area (Å²) >= 11 is 6.02. The summed E-state index contributed by atoms with van der Waals surface area (Å²) in [6, 6.07) is 22.7. The smallest absolute Gasteiger partial charge is 0.256 e. The third-order valence-corrected chi connectivity index (χ3v) is 5.81. The van der Waals surface area contributed by atoms with Crippen molar-refractivity contribution in [3.8, 4) is 0 Å². The Hall–Kier alpha value is -3.18. The maximum atomic E-state index is 14.3. The van der Waals surface area contributed by atoms with E-state index in [1.54, 1.807) is 41.3 Å². The maximum absolute atomic E-state index is 14.3. The molecule has 1 aliphatic rings. The van der Waals surface area contributed by atoms with Gasteiger partial charge in [-0.3, -0.25) is 9.59 Å². The summed E-state index contributed by atoms with van der Waals surface area (Å²) < 4.78 is 14.3. The van der Waals surface area contributed by atoms with Gasteiger partial charge in [0.05, 0.1) is 11.5 Å². The first kappa shape index (κ1) is 21.1. The average molecular weight is 437 g/mol. The molecule has 1 fully saturated rings. The lowest BCUT2D eigenvalue weighted by Crippen LogP contribution is -2.46. The second-order valence-electron chi connectivity index (χ2n) is 7.73. The molecule has 3 aromatic carbocycles. The van der Waals surface area contributed by atoms with Crippen molar-refractivity contribution in [2.24, 2.45) is 5.92 Å². The van der Waals surface area contributed by atoms with Crippen molar-refractivity contribution < 1.29 is 14.0 Å². The van der Waals surface area contributed by atoms with Crippen LogP contribution in [-0.4, -0.2) is 29.8 Å². The van der Waals surface area contributed by atoms with Crippen LogP contribution >= 0.6 is 11.6 Å². The Morgan fingerprint density at radius 2 is 1.68 bits per heavy atom. The fourth-order valence-corrected chi connectivity index (χ4v) is 4.23. The predicted octanol–water partition coefficient (Wildman–Crippen LogP) is 5.36. The van der Waals surface area contributed by atoms with Crippen LogP contribution in [0.15, 0.2) is 78.9 Å². The molecule has 0 radical (unpaired) electrons. The number of anilines is 1. The van der Waals surface area contributed by atoms with Gasteiger partial charge in [-0.25, -0.2) is 4.39 Å². The topological polar surface area (TPSA) is 49.4 Å². The van der Waals surface area contributed by atoms with Crippen LogP contribution in [-0.2, 0) is 4.79 Å². The van der Waals surface area contributed by atoms with Gasteiger partial charge in [-0.2, -0.15) is 0 Å². The van der Waals surface area contributed by atoms with Gasteiger partial charge in [-0.15, -0.1) is 0 Å². The zero-order valence-electron chi connectivity index (χ0n) is 16.8. The Bertz CT molecular complexity index is 1090. The normalized spacial score (nSPS) is 18.5. The van der Waals surface area contributed by atoms with Crippen LogP contribution in [0, 0.1) is 11.7 Å². The van der Waals surface area contributed by atoms with Gasteiger partial charge < -0.3 is 10.2 Å². The van der Waals surface area contributed by atoms with Crippen LogP contribution in [0.3, 0.4) is 0 Å². The minimum absolute atomic E-state index is 0.0187. The zero-order chi connectivity index (χ0) is 21.8. The quantitative estimate of drug-likeness (QED) is 0.598. The van der Waals surface area contributed by atoms with E-state index < -0.39 is 17.6 Å². The van der Waals surface area contributed by atoms with Gasteiger partial charge in [-0.05, 0) is 42.3 Å². The summed E-state index contributed by atoms with van der Waals surface area (Å²) in [5.74, 6) is -1.61. The highest BCUT2D eigenvalue weighted by Gasteiger charge is 2.35. The zero-order valence-corrected chi connectivity index (χ0v) is 17.6. The predicted molar refractivity (Wildman–Crippen MR) is 120 cm³/mol. The number of hydrogen-bond donors (Lipinski definition) is 1. The van der Waals surface area contributed by atoms with Crippen LogP contribution in [0.4, 0.5) is 10.1 Å². The van der Waals surface area contributed by atoms with E-state index >= 15 is 0 Å². The van der Waals surface area contributed by atoms with Crippen LogP contribution in [0.25, 0.3) is 0 Å². The Labute approximate surface area is 185 Å². The van der Waals surface area contributed by atoms with Crippen molar-refractivity contribution in [2.45, 2.75) is 12.3 Å². The Morgan fingerprint density at radius 3 is 2.42 bits per heavy atom. The van der Waals surface area contributed by atoms with E-state index in [0.717, 1.165) is 5.56 Å². The molecule has 1 saturated heterocycles. The molecule has 6 heteroatoms. The molecule has 1 N–H and O–H groups in total. The largest absolute Gasteiger partial charge is 0.337 e. The molecule has 0 aromatic heterocycles. The SMILES string of the molecule is O=C(Nc1cccc(Cl)c1)C1CC(c2ccccc2)CN(C(=O)c2ccccc2F)C1. The monoisotopic (exact) mass is 436 g/mol. The van der Waals surface area contributed by atoms with Crippen molar-refractivity contribution >= 4 is 29.1 Å². The van der Waals surface area contributed by atoms with Crippen molar-refractivity contribution in [1.82, 2.24) is 4.90 Å². The minimum Gasteiger partial charge on any atom is -0.337 e. The van der Waals surface area contributed by atoms with Gasteiger partial charge in [0, 0.05) is 29.7 Å². The number of nitrogens with zero attached hydrogens (tertiary/aromatic N) is 1. The first-order valence-electron chi connectivity index (χ1n) is 10.2. The molecule has 0 spiro atoms. The van der Waals surface area contributed by atoms with Crippen LogP contribution < -0.4 is 5.32 Å². The van der Waals surface area contributed by atoms with Gasteiger partial charge >= 0.3 is 0 Å². The fourth-order valence-electron chi connectivity index (χ4n) is 4.04. The number of halogens is 2. The number of carbonyl (C=O) groups excluding carboxylic acids is 2. The highest BCUT2D eigenvalue weighted by atomic mass is 35.5. The number of benzene rings is 3. The molecule has 4 rings (SSSR count). The second-order valence-corrected chi connectivity index (χ2v) is 8.17. The summed E-state index contributed by atoms with van der Waals surface area (Å²) in [5, 5.41) is 3.43. The summed E-state index contributed by atoms with van der Waals surface area (Å²) in [7, 11) is 0. The molecule has 158 valence electrons. The second kappa shape index (κ2) is 9.31. The van der Waals surface area contributed by atoms with E-state index in [2.05, 4.69) is 5.32 Å². The molecule has 3 aromatic rings. The van der Waals surface area contributed by atoms with E-state index in [1.165, 1.54) is 12.1 Å². The van der Waals surface area contributed by atoms with Crippen molar-refractivity contribution in [2.75, 3.05) is 18.4 Å². The summed E-state index contributed by atoms with van der Waals surface area (Å²) in [5.41, 5.74) is 1.67. The van der Waals surface area contributed by atoms with Gasteiger partial charge in [0.25, 0.3) is 5.91 Å². The average Bonchev–Trinajstić information content (AvgIpc) is 2.79. The van der Waals surface area contributed by atoms with E-state index in [1.807, 2.05) is 30.3 Å². The summed E-state index contributed by atoms with van der Waals surface area (Å²) in [6.07, 6.45) is 0.595. The number of rotatable bonds is 4. The number of amides is 2. The molecule has 0 saturated carbocycles. The molecule has 1 heterocycles. The Morgan fingerprint density at radius 1 is 0.935 bits per heavy atom.